The third kappa shape index (κ3) is 5.09. The second-order valence-corrected chi connectivity index (χ2v) is 4.61. The van der Waals surface area contributed by atoms with Gasteiger partial charge in [-0.2, -0.15) is 0 Å². The van der Waals surface area contributed by atoms with Gasteiger partial charge in [0.15, 0.2) is 0 Å². The Bertz CT molecular complexity index is 371. The van der Waals surface area contributed by atoms with E-state index in [4.69, 9.17) is 4.74 Å². The van der Waals surface area contributed by atoms with E-state index < -0.39 is 0 Å². The van der Waals surface area contributed by atoms with Crippen LogP contribution in [-0.2, 0) is 9.53 Å². The van der Waals surface area contributed by atoms with Crippen molar-refractivity contribution in [3.63, 3.8) is 0 Å². The fraction of sp³-hybridized carbons (Fsp3) is 0.357. The number of rotatable bonds is 6. The largest absolute Gasteiger partial charge is 0.466 e. The SMILES string of the molecule is CCCCC(=CSc1ccccc1)C(=O)OC. The zero-order chi connectivity index (χ0) is 12.5. The van der Waals surface area contributed by atoms with Crippen LogP contribution in [0, 0.1) is 0 Å². The average molecular weight is 250 g/mol. The first-order chi connectivity index (χ1) is 8.27. The summed E-state index contributed by atoms with van der Waals surface area (Å²) in [5, 5.41) is 1.90. The molecule has 0 aliphatic carbocycles. The van der Waals surface area contributed by atoms with Crippen molar-refractivity contribution in [1.82, 2.24) is 0 Å². The molecule has 2 nitrogen and oxygen atoms in total. The molecular weight excluding hydrogens is 232 g/mol. The van der Waals surface area contributed by atoms with Crippen LogP contribution in [0.5, 0.6) is 0 Å². The summed E-state index contributed by atoms with van der Waals surface area (Å²) in [6, 6.07) is 10.00. The Morgan fingerprint density at radius 2 is 2.06 bits per heavy atom. The number of hydrogen-bond donors (Lipinski definition) is 0. The number of thioether (sulfide) groups is 1. The Balaban J connectivity index is 2.65. The van der Waals surface area contributed by atoms with Crippen LogP contribution in [0.4, 0.5) is 0 Å². The average Bonchev–Trinajstić information content (AvgIpc) is 2.39. The molecule has 0 aliphatic heterocycles. The summed E-state index contributed by atoms with van der Waals surface area (Å²) in [4.78, 5) is 12.7. The van der Waals surface area contributed by atoms with Gasteiger partial charge in [-0.3, -0.25) is 0 Å². The lowest BCUT2D eigenvalue weighted by atomic mass is 10.1. The van der Waals surface area contributed by atoms with Crippen molar-refractivity contribution < 1.29 is 9.53 Å². The van der Waals surface area contributed by atoms with E-state index in [0.717, 1.165) is 29.7 Å². The molecule has 0 amide bonds. The minimum Gasteiger partial charge on any atom is -0.466 e. The first-order valence-corrected chi connectivity index (χ1v) is 6.65. The molecule has 0 saturated heterocycles. The predicted octanol–water partition coefficient (Wildman–Crippen LogP) is 4.03. The van der Waals surface area contributed by atoms with Gasteiger partial charge in [0.05, 0.1) is 7.11 Å². The molecule has 0 N–H and O–H groups in total. The molecule has 1 rings (SSSR count). The van der Waals surface area contributed by atoms with Gasteiger partial charge in [0.2, 0.25) is 0 Å². The lowest BCUT2D eigenvalue weighted by molar-refractivity contribution is -0.136. The lowest BCUT2D eigenvalue weighted by Gasteiger charge is -2.04. The maximum Gasteiger partial charge on any atom is 0.334 e. The highest BCUT2D eigenvalue weighted by atomic mass is 32.2. The van der Waals surface area contributed by atoms with Gasteiger partial charge in [0.1, 0.15) is 0 Å². The van der Waals surface area contributed by atoms with Gasteiger partial charge >= 0.3 is 5.97 Å². The van der Waals surface area contributed by atoms with Crippen LogP contribution in [0.1, 0.15) is 26.2 Å². The summed E-state index contributed by atoms with van der Waals surface area (Å²) in [7, 11) is 1.43. The fourth-order valence-corrected chi connectivity index (χ4v) is 2.15. The zero-order valence-corrected chi connectivity index (χ0v) is 11.1. The fourth-order valence-electron chi connectivity index (χ4n) is 1.35. The number of ether oxygens (including phenoxy) is 1. The summed E-state index contributed by atoms with van der Waals surface area (Å²) in [5.74, 6) is -0.220. The van der Waals surface area contributed by atoms with Gasteiger partial charge in [-0.25, -0.2) is 4.79 Å². The van der Waals surface area contributed by atoms with Gasteiger partial charge in [-0.1, -0.05) is 43.3 Å². The highest BCUT2D eigenvalue weighted by Crippen LogP contribution is 2.22. The van der Waals surface area contributed by atoms with Crippen molar-refractivity contribution in [1.29, 1.82) is 0 Å². The summed E-state index contributed by atoms with van der Waals surface area (Å²) in [6.07, 6.45) is 2.86. The highest BCUT2D eigenvalue weighted by molar-refractivity contribution is 8.02. The Kier molecular flexibility index (Phi) is 6.48. The maximum atomic E-state index is 11.5. The third-order valence-electron chi connectivity index (χ3n) is 2.33. The first-order valence-electron chi connectivity index (χ1n) is 5.77. The Morgan fingerprint density at radius 3 is 2.65 bits per heavy atom. The van der Waals surface area contributed by atoms with Crippen molar-refractivity contribution in [2.75, 3.05) is 7.11 Å². The van der Waals surface area contributed by atoms with Gasteiger partial charge < -0.3 is 4.74 Å². The number of carbonyl (C=O) groups is 1. The number of benzene rings is 1. The number of carbonyl (C=O) groups excluding carboxylic acids is 1. The van der Waals surface area contributed by atoms with Crippen molar-refractivity contribution >= 4 is 17.7 Å². The van der Waals surface area contributed by atoms with E-state index in [9.17, 15) is 4.79 Å². The van der Waals surface area contributed by atoms with E-state index in [1.165, 1.54) is 7.11 Å². The number of hydrogen-bond acceptors (Lipinski definition) is 3. The van der Waals surface area contributed by atoms with Gasteiger partial charge in [-0.15, -0.1) is 0 Å². The van der Waals surface area contributed by atoms with Gasteiger partial charge in [0, 0.05) is 10.5 Å². The topological polar surface area (TPSA) is 26.3 Å². The summed E-state index contributed by atoms with van der Waals surface area (Å²) in [5.41, 5.74) is 0.753. The molecule has 0 radical (unpaired) electrons. The predicted molar refractivity (Wildman–Crippen MR) is 71.9 cm³/mol. The molecule has 0 aliphatic rings. The van der Waals surface area contributed by atoms with E-state index in [1.54, 1.807) is 11.8 Å². The molecule has 0 spiro atoms. The molecule has 1 aromatic carbocycles. The van der Waals surface area contributed by atoms with Crippen molar-refractivity contribution in [2.45, 2.75) is 31.1 Å². The summed E-state index contributed by atoms with van der Waals surface area (Å²) >= 11 is 1.56. The molecule has 1 aromatic rings. The quantitative estimate of drug-likeness (QED) is 0.433. The molecule has 0 fully saturated rings. The second kappa shape index (κ2) is 7.96. The monoisotopic (exact) mass is 250 g/mol. The molecule has 17 heavy (non-hydrogen) atoms. The Morgan fingerprint density at radius 1 is 1.35 bits per heavy atom. The number of unbranched alkanes of at least 4 members (excludes halogenated alkanes) is 1. The molecule has 0 bridgehead atoms. The van der Waals surface area contributed by atoms with Crippen LogP contribution in [0.3, 0.4) is 0 Å². The zero-order valence-electron chi connectivity index (χ0n) is 10.3. The van der Waals surface area contributed by atoms with Crippen LogP contribution in [0.25, 0.3) is 0 Å². The smallest absolute Gasteiger partial charge is 0.334 e. The highest BCUT2D eigenvalue weighted by Gasteiger charge is 2.08. The van der Waals surface area contributed by atoms with Crippen LogP contribution < -0.4 is 0 Å². The maximum absolute atomic E-state index is 11.5. The van der Waals surface area contributed by atoms with E-state index in [0.29, 0.717) is 0 Å². The van der Waals surface area contributed by atoms with E-state index in [2.05, 4.69) is 6.92 Å². The molecule has 3 heteroatoms. The Labute approximate surface area is 107 Å². The molecule has 92 valence electrons. The minimum absolute atomic E-state index is 0.220. The van der Waals surface area contributed by atoms with Crippen molar-refractivity contribution in [2.24, 2.45) is 0 Å². The lowest BCUT2D eigenvalue weighted by Crippen LogP contribution is -2.04. The van der Waals surface area contributed by atoms with E-state index >= 15 is 0 Å². The molecule has 0 aromatic heterocycles. The van der Waals surface area contributed by atoms with E-state index in [1.807, 2.05) is 35.7 Å². The van der Waals surface area contributed by atoms with Gasteiger partial charge in [-0.05, 0) is 30.4 Å². The minimum atomic E-state index is -0.220. The molecule has 0 saturated carbocycles. The van der Waals surface area contributed by atoms with Crippen LogP contribution in [0.2, 0.25) is 0 Å². The second-order valence-electron chi connectivity index (χ2n) is 3.67. The van der Waals surface area contributed by atoms with Gasteiger partial charge in [0.25, 0.3) is 0 Å². The first kappa shape index (κ1) is 13.8. The molecular formula is C14H18O2S. The standard InChI is InChI=1S/C14H18O2S/c1-3-4-8-12(14(15)16-2)11-17-13-9-6-5-7-10-13/h5-7,9-11H,3-4,8H2,1-2H3. The normalized spacial score (nSPS) is 11.3. The van der Waals surface area contributed by atoms with Crippen LogP contribution >= 0.6 is 11.8 Å². The molecule has 0 unspecified atom stereocenters. The van der Waals surface area contributed by atoms with Crippen molar-refractivity contribution in [3.05, 3.63) is 41.3 Å². The Hall–Kier alpha value is -1.22. The molecule has 0 atom stereocenters. The van der Waals surface area contributed by atoms with Crippen molar-refractivity contribution in [3.8, 4) is 0 Å². The summed E-state index contributed by atoms with van der Waals surface area (Å²) < 4.78 is 4.78. The van der Waals surface area contributed by atoms with E-state index in [-0.39, 0.29) is 5.97 Å². The van der Waals surface area contributed by atoms with Crippen LogP contribution in [0.15, 0.2) is 46.2 Å². The van der Waals surface area contributed by atoms with Crippen LogP contribution in [-0.4, -0.2) is 13.1 Å². The number of methoxy groups -OCH3 is 1. The third-order valence-corrected chi connectivity index (χ3v) is 3.27. The molecule has 0 heterocycles. The summed E-state index contributed by atoms with van der Waals surface area (Å²) in [6.45, 7) is 2.11. The number of esters is 1.